The standard InChI is InChI=1S/C21H18N4O6S/c1-3-9-25-13-10-12(16-11-30-16)7-8-17(13)32(27,28)20(21(25)26)23-22-19-18-14(29-2)5-4-6-15(18)31-24-19/h3-10,16,26H,11H2,1-2H3/b9-3+,23-22?. The van der Waals surface area contributed by atoms with Gasteiger partial charge >= 0.3 is 0 Å². The molecular formula is C21H18N4O6S. The molecule has 1 unspecified atom stereocenters. The molecule has 1 fully saturated rings. The highest BCUT2D eigenvalue weighted by molar-refractivity contribution is 7.95. The van der Waals surface area contributed by atoms with Crippen LogP contribution in [0.4, 0.5) is 11.5 Å². The van der Waals surface area contributed by atoms with E-state index in [0.717, 1.165) is 5.56 Å². The molecule has 0 radical (unpaired) electrons. The van der Waals surface area contributed by atoms with E-state index in [2.05, 4.69) is 15.4 Å². The summed E-state index contributed by atoms with van der Waals surface area (Å²) in [6.07, 6.45) is 3.14. The van der Waals surface area contributed by atoms with Gasteiger partial charge < -0.3 is 19.1 Å². The number of azo groups is 1. The predicted octanol–water partition coefficient (Wildman–Crippen LogP) is 4.50. The fraction of sp³-hybridized carbons (Fsp3) is 0.190. The minimum absolute atomic E-state index is 0.00524. The lowest BCUT2D eigenvalue weighted by atomic mass is 10.1. The molecule has 3 aromatic rings. The Labute approximate surface area is 183 Å². The van der Waals surface area contributed by atoms with E-state index in [4.69, 9.17) is 14.0 Å². The van der Waals surface area contributed by atoms with Crippen LogP contribution in [0.15, 0.2) is 79.2 Å². The van der Waals surface area contributed by atoms with Crippen LogP contribution in [0.2, 0.25) is 0 Å². The topological polar surface area (TPSA) is 130 Å². The summed E-state index contributed by atoms with van der Waals surface area (Å²) in [5.41, 5.74) is 1.53. The molecule has 164 valence electrons. The van der Waals surface area contributed by atoms with Crippen LogP contribution in [-0.4, -0.2) is 32.4 Å². The zero-order valence-corrected chi connectivity index (χ0v) is 17.9. The van der Waals surface area contributed by atoms with Crippen molar-refractivity contribution in [2.75, 3.05) is 18.6 Å². The Morgan fingerprint density at radius 2 is 2.09 bits per heavy atom. The summed E-state index contributed by atoms with van der Waals surface area (Å²) >= 11 is 0. The Balaban J connectivity index is 1.64. The van der Waals surface area contributed by atoms with E-state index in [1.165, 1.54) is 18.1 Å². The fourth-order valence-corrected chi connectivity index (χ4v) is 4.88. The monoisotopic (exact) mass is 454 g/mol. The number of sulfone groups is 1. The minimum atomic E-state index is -4.16. The zero-order valence-electron chi connectivity index (χ0n) is 17.1. The number of aliphatic hydroxyl groups excluding tert-OH is 1. The molecule has 1 atom stereocenters. The molecule has 0 bridgehead atoms. The minimum Gasteiger partial charge on any atom is -0.496 e. The van der Waals surface area contributed by atoms with Crippen molar-refractivity contribution in [2.45, 2.75) is 17.9 Å². The van der Waals surface area contributed by atoms with Gasteiger partial charge in [0.25, 0.3) is 0 Å². The van der Waals surface area contributed by atoms with Gasteiger partial charge in [0, 0.05) is 6.20 Å². The summed E-state index contributed by atoms with van der Waals surface area (Å²) in [5.74, 6) is -0.108. The molecule has 2 aliphatic heterocycles. The van der Waals surface area contributed by atoms with E-state index >= 15 is 0 Å². The van der Waals surface area contributed by atoms with Gasteiger partial charge in [-0.05, 0) is 36.8 Å². The highest BCUT2D eigenvalue weighted by atomic mass is 32.2. The first-order valence-electron chi connectivity index (χ1n) is 9.65. The lowest BCUT2D eigenvalue weighted by Crippen LogP contribution is -2.26. The van der Waals surface area contributed by atoms with Gasteiger partial charge in [0.2, 0.25) is 26.6 Å². The number of methoxy groups -OCH3 is 1. The van der Waals surface area contributed by atoms with Crippen LogP contribution in [0, 0.1) is 0 Å². The summed E-state index contributed by atoms with van der Waals surface area (Å²) in [4.78, 5) is 1.34. The Bertz CT molecular complexity index is 1420. The molecule has 1 N–H and O–H groups in total. The largest absolute Gasteiger partial charge is 0.496 e. The molecule has 0 aliphatic carbocycles. The SMILES string of the molecule is C/C=C/N1C(O)=C(N=Nc2noc3cccc(OC)c23)S(=O)(=O)c2ccc(C3CO3)cc21. The number of epoxide rings is 1. The van der Waals surface area contributed by atoms with Crippen LogP contribution in [0.1, 0.15) is 18.6 Å². The van der Waals surface area contributed by atoms with Crippen molar-refractivity contribution >= 4 is 32.3 Å². The smallest absolute Gasteiger partial charge is 0.242 e. The van der Waals surface area contributed by atoms with Crippen molar-refractivity contribution in [3.63, 3.8) is 0 Å². The van der Waals surface area contributed by atoms with E-state index in [1.54, 1.807) is 49.5 Å². The van der Waals surface area contributed by atoms with E-state index in [-0.39, 0.29) is 16.8 Å². The molecule has 0 amide bonds. The maximum atomic E-state index is 13.3. The Morgan fingerprint density at radius 3 is 2.81 bits per heavy atom. The van der Waals surface area contributed by atoms with Gasteiger partial charge in [-0.2, -0.15) is 0 Å². The highest BCUT2D eigenvalue weighted by Gasteiger charge is 2.38. The molecule has 2 aliphatic rings. The van der Waals surface area contributed by atoms with Gasteiger partial charge in [-0.1, -0.05) is 23.4 Å². The number of anilines is 1. The summed E-state index contributed by atoms with van der Waals surface area (Å²) in [5, 5.41) is 22.4. The van der Waals surface area contributed by atoms with Crippen LogP contribution in [0.5, 0.6) is 5.75 Å². The maximum absolute atomic E-state index is 13.3. The van der Waals surface area contributed by atoms with Crippen LogP contribution >= 0.6 is 0 Å². The number of aromatic nitrogens is 1. The van der Waals surface area contributed by atoms with Crippen LogP contribution in [0.25, 0.3) is 11.0 Å². The quantitative estimate of drug-likeness (QED) is 0.440. The normalized spacial score (nSPS) is 19.8. The zero-order chi connectivity index (χ0) is 22.5. The molecular weight excluding hydrogens is 436 g/mol. The van der Waals surface area contributed by atoms with Gasteiger partial charge in [0.1, 0.15) is 17.2 Å². The average molecular weight is 454 g/mol. The number of aliphatic hydroxyl groups is 1. The van der Waals surface area contributed by atoms with Gasteiger partial charge in [-0.25, -0.2) is 8.42 Å². The fourth-order valence-electron chi connectivity index (χ4n) is 3.51. The summed E-state index contributed by atoms with van der Waals surface area (Å²) in [7, 11) is -2.68. The van der Waals surface area contributed by atoms with Crippen LogP contribution in [-0.2, 0) is 14.6 Å². The van der Waals surface area contributed by atoms with E-state index in [1.807, 2.05) is 0 Å². The van der Waals surface area contributed by atoms with E-state index in [0.29, 0.717) is 29.0 Å². The van der Waals surface area contributed by atoms with Gasteiger partial charge in [0.15, 0.2) is 5.58 Å². The maximum Gasteiger partial charge on any atom is 0.242 e. The number of nitrogens with zero attached hydrogens (tertiary/aromatic N) is 4. The number of allylic oxidation sites excluding steroid dienone is 1. The second kappa shape index (κ2) is 7.46. The van der Waals surface area contributed by atoms with Crippen molar-refractivity contribution in [2.24, 2.45) is 10.2 Å². The Kier molecular flexibility index (Phi) is 4.72. The third kappa shape index (κ3) is 3.13. The summed E-state index contributed by atoms with van der Waals surface area (Å²) < 4.78 is 42.4. The predicted molar refractivity (Wildman–Crippen MR) is 114 cm³/mol. The molecule has 10 nitrogen and oxygen atoms in total. The number of hydrogen-bond donors (Lipinski definition) is 1. The first-order valence-corrected chi connectivity index (χ1v) is 11.1. The lowest BCUT2D eigenvalue weighted by Gasteiger charge is -2.27. The average Bonchev–Trinajstić information content (AvgIpc) is 3.56. The molecule has 11 heteroatoms. The third-order valence-electron chi connectivity index (χ3n) is 5.11. The third-order valence-corrected chi connectivity index (χ3v) is 6.80. The van der Waals surface area contributed by atoms with Crippen molar-refractivity contribution in [3.05, 3.63) is 65.1 Å². The van der Waals surface area contributed by atoms with Gasteiger partial charge in [-0.3, -0.25) is 4.90 Å². The number of fused-ring (bicyclic) bond motifs is 2. The molecule has 0 saturated carbocycles. The van der Waals surface area contributed by atoms with Gasteiger partial charge in [0.05, 0.1) is 24.3 Å². The molecule has 3 heterocycles. The van der Waals surface area contributed by atoms with Crippen LogP contribution in [0.3, 0.4) is 0 Å². The van der Waals surface area contributed by atoms with Crippen LogP contribution < -0.4 is 9.64 Å². The first kappa shape index (κ1) is 20.2. The number of hydrogen-bond acceptors (Lipinski definition) is 10. The molecule has 2 aromatic carbocycles. The summed E-state index contributed by atoms with van der Waals surface area (Å²) in [6, 6.07) is 9.94. The number of ether oxygens (including phenoxy) is 2. The highest BCUT2D eigenvalue weighted by Crippen LogP contribution is 2.43. The van der Waals surface area contributed by atoms with E-state index in [9.17, 15) is 13.5 Å². The number of rotatable bonds is 5. The molecule has 1 aromatic heterocycles. The van der Waals surface area contributed by atoms with Crippen molar-refractivity contribution in [1.29, 1.82) is 0 Å². The summed E-state index contributed by atoms with van der Waals surface area (Å²) in [6.45, 7) is 2.32. The van der Waals surface area contributed by atoms with Crippen molar-refractivity contribution in [3.8, 4) is 5.75 Å². The van der Waals surface area contributed by atoms with Crippen molar-refractivity contribution in [1.82, 2.24) is 5.16 Å². The van der Waals surface area contributed by atoms with Crippen molar-refractivity contribution < 1.29 is 27.5 Å². The number of benzene rings is 2. The second-order valence-electron chi connectivity index (χ2n) is 7.07. The Hall–Kier alpha value is -3.70. The lowest BCUT2D eigenvalue weighted by molar-refractivity contribution is 0.393. The molecule has 32 heavy (non-hydrogen) atoms. The first-order chi connectivity index (χ1) is 15.5. The molecule has 5 rings (SSSR count). The molecule has 0 spiro atoms. The van der Waals surface area contributed by atoms with E-state index < -0.39 is 20.7 Å². The molecule has 1 saturated heterocycles. The van der Waals surface area contributed by atoms with Gasteiger partial charge in [-0.15, -0.1) is 10.2 Å². The Morgan fingerprint density at radius 1 is 1.28 bits per heavy atom. The second-order valence-corrected chi connectivity index (χ2v) is 8.91.